The fraction of sp³-hybridized carbons (Fsp3) is 0.944. The summed E-state index contributed by atoms with van der Waals surface area (Å²) in [5.41, 5.74) is 0. The van der Waals surface area contributed by atoms with E-state index in [1.54, 1.807) is 0 Å². The van der Waals surface area contributed by atoms with Crippen LogP contribution in [-0.2, 0) is 4.79 Å². The predicted octanol–water partition coefficient (Wildman–Crippen LogP) is 2.84. The largest absolute Gasteiger partial charge is 0.337 e. The first-order valence-electron chi connectivity index (χ1n) is 9.48. The molecule has 6 heteroatoms. The van der Waals surface area contributed by atoms with Crippen LogP contribution in [0.25, 0.3) is 0 Å². The number of carbonyl (C=O) groups is 1. The quantitative estimate of drug-likeness (QED) is 0.803. The summed E-state index contributed by atoms with van der Waals surface area (Å²) in [6.07, 6.45) is 9.86. The van der Waals surface area contributed by atoms with Crippen LogP contribution in [0.2, 0.25) is 0 Å². The Labute approximate surface area is 158 Å². The highest BCUT2D eigenvalue weighted by Crippen LogP contribution is 2.33. The number of piperazine rings is 1. The van der Waals surface area contributed by atoms with Gasteiger partial charge in [-0.25, -0.2) is 0 Å². The molecule has 24 heavy (non-hydrogen) atoms. The molecular formula is C18H33Cl2N3O. The van der Waals surface area contributed by atoms with Gasteiger partial charge in [0.1, 0.15) is 0 Å². The number of piperidine rings is 2. The Morgan fingerprint density at radius 2 is 1.75 bits per heavy atom. The monoisotopic (exact) mass is 377 g/mol. The van der Waals surface area contributed by atoms with Crippen molar-refractivity contribution in [3.8, 4) is 0 Å². The van der Waals surface area contributed by atoms with E-state index in [0.717, 1.165) is 19.5 Å². The van der Waals surface area contributed by atoms with E-state index in [9.17, 15) is 4.79 Å². The molecule has 4 atom stereocenters. The van der Waals surface area contributed by atoms with Gasteiger partial charge in [-0.1, -0.05) is 6.42 Å². The molecule has 4 saturated heterocycles. The zero-order valence-corrected chi connectivity index (χ0v) is 16.4. The van der Waals surface area contributed by atoms with E-state index >= 15 is 0 Å². The van der Waals surface area contributed by atoms with Gasteiger partial charge < -0.3 is 10.2 Å². The molecule has 0 aromatic heterocycles. The van der Waals surface area contributed by atoms with Crippen LogP contribution in [0.4, 0.5) is 0 Å². The van der Waals surface area contributed by atoms with Crippen LogP contribution >= 0.6 is 24.8 Å². The molecule has 4 rings (SSSR count). The van der Waals surface area contributed by atoms with Crippen molar-refractivity contribution in [3.63, 3.8) is 0 Å². The van der Waals surface area contributed by atoms with Gasteiger partial charge >= 0.3 is 0 Å². The molecule has 0 aromatic rings. The second-order valence-corrected chi connectivity index (χ2v) is 8.22. The summed E-state index contributed by atoms with van der Waals surface area (Å²) >= 11 is 0. The number of hydrogen-bond acceptors (Lipinski definition) is 3. The Kier molecular flexibility index (Phi) is 7.24. The first-order valence-corrected chi connectivity index (χ1v) is 9.48. The van der Waals surface area contributed by atoms with Gasteiger partial charge in [-0.3, -0.25) is 9.69 Å². The molecule has 4 aliphatic heterocycles. The second kappa shape index (κ2) is 8.57. The summed E-state index contributed by atoms with van der Waals surface area (Å²) in [6, 6.07) is 2.44. The summed E-state index contributed by atoms with van der Waals surface area (Å²) in [7, 11) is 0. The van der Waals surface area contributed by atoms with E-state index in [-0.39, 0.29) is 24.8 Å². The SMILES string of the molecule is CC1CN2CCCCC2CN1C(=O)CC1CC2CCC(C1)N2.Cl.Cl. The van der Waals surface area contributed by atoms with Crippen LogP contribution in [0.1, 0.15) is 58.3 Å². The van der Waals surface area contributed by atoms with Crippen molar-refractivity contribution >= 4 is 30.7 Å². The third-order valence-electron chi connectivity index (χ3n) is 6.54. The molecule has 2 bridgehead atoms. The van der Waals surface area contributed by atoms with Gasteiger partial charge in [-0.15, -0.1) is 24.8 Å². The standard InChI is InChI=1S/C18H31N3O.2ClH/c1-13-11-20-7-3-2-4-17(20)12-21(13)18(22)10-14-8-15-5-6-16(9-14)19-15;;/h13-17,19H,2-12H2,1H3;2*1H. The van der Waals surface area contributed by atoms with Crippen LogP contribution in [0.3, 0.4) is 0 Å². The van der Waals surface area contributed by atoms with Crippen LogP contribution in [-0.4, -0.2) is 59.5 Å². The van der Waals surface area contributed by atoms with Crippen LogP contribution in [0, 0.1) is 5.92 Å². The summed E-state index contributed by atoms with van der Waals surface area (Å²) < 4.78 is 0. The molecule has 4 nitrogen and oxygen atoms in total. The van der Waals surface area contributed by atoms with Gasteiger partial charge in [-0.05, 0) is 57.9 Å². The van der Waals surface area contributed by atoms with E-state index in [4.69, 9.17) is 0 Å². The minimum absolute atomic E-state index is 0. The normalized spacial score (nSPS) is 38.7. The molecule has 0 aromatic carbocycles. The maximum Gasteiger partial charge on any atom is 0.223 e. The van der Waals surface area contributed by atoms with Gasteiger partial charge in [-0.2, -0.15) is 0 Å². The molecule has 0 radical (unpaired) electrons. The third-order valence-corrected chi connectivity index (χ3v) is 6.54. The lowest BCUT2D eigenvalue weighted by Gasteiger charge is -2.48. The average molecular weight is 378 g/mol. The topological polar surface area (TPSA) is 35.6 Å². The van der Waals surface area contributed by atoms with Crippen LogP contribution < -0.4 is 5.32 Å². The Hall–Kier alpha value is -0.0300. The van der Waals surface area contributed by atoms with E-state index < -0.39 is 0 Å². The maximum atomic E-state index is 12.9. The van der Waals surface area contributed by atoms with Crippen molar-refractivity contribution in [2.45, 2.75) is 82.5 Å². The lowest BCUT2D eigenvalue weighted by atomic mass is 9.88. The van der Waals surface area contributed by atoms with Gasteiger partial charge in [0.15, 0.2) is 0 Å². The molecule has 0 saturated carbocycles. The van der Waals surface area contributed by atoms with Crippen molar-refractivity contribution in [1.82, 2.24) is 15.1 Å². The molecule has 4 unspecified atom stereocenters. The minimum atomic E-state index is 0. The predicted molar refractivity (Wildman–Crippen MR) is 102 cm³/mol. The lowest BCUT2D eigenvalue weighted by molar-refractivity contribution is -0.139. The molecule has 0 spiro atoms. The first kappa shape index (κ1) is 20.3. The maximum absolute atomic E-state index is 12.9. The van der Waals surface area contributed by atoms with Gasteiger partial charge in [0.25, 0.3) is 0 Å². The fourth-order valence-corrected chi connectivity index (χ4v) is 5.41. The summed E-state index contributed by atoms with van der Waals surface area (Å²) in [5, 5.41) is 3.69. The van der Waals surface area contributed by atoms with Gasteiger partial charge in [0.2, 0.25) is 5.91 Å². The molecule has 4 heterocycles. The van der Waals surface area contributed by atoms with Crippen molar-refractivity contribution in [1.29, 1.82) is 0 Å². The number of nitrogens with zero attached hydrogens (tertiary/aromatic N) is 2. The van der Waals surface area contributed by atoms with Crippen molar-refractivity contribution < 1.29 is 4.79 Å². The fourth-order valence-electron chi connectivity index (χ4n) is 5.41. The van der Waals surface area contributed by atoms with Crippen LogP contribution in [0.15, 0.2) is 0 Å². The Morgan fingerprint density at radius 1 is 1.04 bits per heavy atom. The van der Waals surface area contributed by atoms with Crippen LogP contribution in [0.5, 0.6) is 0 Å². The highest BCUT2D eigenvalue weighted by atomic mass is 35.5. The van der Waals surface area contributed by atoms with Crippen molar-refractivity contribution in [3.05, 3.63) is 0 Å². The molecule has 0 aliphatic carbocycles. The molecule has 4 aliphatic rings. The van der Waals surface area contributed by atoms with Crippen molar-refractivity contribution in [2.75, 3.05) is 19.6 Å². The first-order chi connectivity index (χ1) is 10.7. The van der Waals surface area contributed by atoms with E-state index in [0.29, 0.717) is 36.0 Å². The van der Waals surface area contributed by atoms with E-state index in [1.807, 2.05) is 0 Å². The highest BCUT2D eigenvalue weighted by Gasteiger charge is 2.38. The Morgan fingerprint density at radius 3 is 2.46 bits per heavy atom. The summed E-state index contributed by atoms with van der Waals surface area (Å²) in [4.78, 5) is 17.7. The Balaban J connectivity index is 0.00000104. The second-order valence-electron chi connectivity index (χ2n) is 8.22. The number of rotatable bonds is 2. The third kappa shape index (κ3) is 4.20. The smallest absolute Gasteiger partial charge is 0.223 e. The molecule has 1 N–H and O–H groups in total. The summed E-state index contributed by atoms with van der Waals surface area (Å²) in [5.74, 6) is 1.06. The lowest BCUT2D eigenvalue weighted by Crippen LogP contribution is -2.60. The minimum Gasteiger partial charge on any atom is -0.337 e. The number of nitrogens with one attached hydrogen (secondary N) is 1. The molecule has 4 fully saturated rings. The average Bonchev–Trinajstić information content (AvgIpc) is 2.85. The zero-order chi connectivity index (χ0) is 15.1. The number of amides is 1. The highest BCUT2D eigenvalue weighted by molar-refractivity contribution is 5.85. The Bertz CT molecular complexity index is 424. The number of carbonyl (C=O) groups excluding carboxylic acids is 1. The number of fused-ring (bicyclic) bond motifs is 3. The summed E-state index contributed by atoms with van der Waals surface area (Å²) in [6.45, 7) is 5.56. The van der Waals surface area contributed by atoms with E-state index in [2.05, 4.69) is 22.0 Å². The van der Waals surface area contributed by atoms with Crippen molar-refractivity contribution in [2.24, 2.45) is 5.92 Å². The van der Waals surface area contributed by atoms with Gasteiger partial charge in [0.05, 0.1) is 0 Å². The van der Waals surface area contributed by atoms with Gasteiger partial charge in [0, 0.05) is 43.7 Å². The molecule has 1 amide bonds. The molecular weight excluding hydrogens is 345 g/mol. The zero-order valence-electron chi connectivity index (χ0n) is 14.8. The van der Waals surface area contributed by atoms with E-state index in [1.165, 1.54) is 51.5 Å². The molecule has 140 valence electrons. The number of halogens is 2. The number of hydrogen-bond donors (Lipinski definition) is 1.